The van der Waals surface area contributed by atoms with Gasteiger partial charge in [-0.3, -0.25) is 4.79 Å². The molecule has 0 atom stereocenters. The Morgan fingerprint density at radius 1 is 1.31 bits per heavy atom. The summed E-state index contributed by atoms with van der Waals surface area (Å²) < 4.78 is 2.00. The van der Waals surface area contributed by atoms with Crippen LogP contribution in [0.5, 0.6) is 0 Å². The van der Waals surface area contributed by atoms with Gasteiger partial charge in [-0.1, -0.05) is 24.3 Å². The first-order chi connectivity index (χ1) is 14.0. The predicted octanol–water partition coefficient (Wildman–Crippen LogP) is 2.30. The first-order valence-corrected chi connectivity index (χ1v) is 9.60. The summed E-state index contributed by atoms with van der Waals surface area (Å²) in [6, 6.07) is 10.1. The van der Waals surface area contributed by atoms with Gasteiger partial charge < -0.3 is 25.3 Å². The summed E-state index contributed by atoms with van der Waals surface area (Å²) in [5.74, 6) is 0.453. The van der Waals surface area contributed by atoms with Crippen LogP contribution in [0.1, 0.15) is 18.4 Å². The molecular formula is C21H22N6O2. The van der Waals surface area contributed by atoms with Gasteiger partial charge in [0.15, 0.2) is 5.82 Å². The topological polar surface area (TPSA) is 108 Å². The van der Waals surface area contributed by atoms with Crippen molar-refractivity contribution in [3.63, 3.8) is 0 Å². The van der Waals surface area contributed by atoms with Crippen molar-refractivity contribution in [1.82, 2.24) is 24.8 Å². The summed E-state index contributed by atoms with van der Waals surface area (Å²) in [4.78, 5) is 24.4. The van der Waals surface area contributed by atoms with E-state index < -0.39 is 5.60 Å². The number of nitrogens with zero attached hydrogens (tertiary/aromatic N) is 3. The van der Waals surface area contributed by atoms with Gasteiger partial charge in [0.25, 0.3) is 5.91 Å². The second-order valence-corrected chi connectivity index (χ2v) is 7.62. The van der Waals surface area contributed by atoms with Crippen LogP contribution in [0, 0.1) is 0 Å². The fourth-order valence-electron chi connectivity index (χ4n) is 3.62. The van der Waals surface area contributed by atoms with Crippen molar-refractivity contribution in [2.24, 2.45) is 7.05 Å². The third-order valence-electron chi connectivity index (χ3n) is 5.54. The number of nitrogens with one attached hydrogen (secondary N) is 3. The van der Waals surface area contributed by atoms with Crippen molar-refractivity contribution in [3.05, 3.63) is 42.2 Å². The lowest BCUT2D eigenvalue weighted by atomic mass is 10.1. The molecule has 148 valence electrons. The smallest absolute Gasteiger partial charge is 0.252 e. The standard InChI is InChI=1S/C21H22N6O2/c1-22-19-16-17(27(2)11-24-16)14-9-15(25-18(14)26-19)13-5-3-12(4-6-13)10-23-20(28)21(29)7-8-21/h3-6,9,11,29H,7-8,10H2,1-2H3,(H,23,28)(H2,22,25,26). The molecule has 1 amide bonds. The number of hydrogen-bond donors (Lipinski definition) is 4. The lowest BCUT2D eigenvalue weighted by molar-refractivity contribution is -0.131. The van der Waals surface area contributed by atoms with Gasteiger partial charge in [-0.25, -0.2) is 9.97 Å². The van der Waals surface area contributed by atoms with Crippen molar-refractivity contribution in [3.8, 4) is 11.3 Å². The molecule has 0 bridgehead atoms. The average Bonchev–Trinajstić information content (AvgIpc) is 3.17. The number of H-pyrrole nitrogens is 1. The number of benzene rings is 1. The Balaban J connectivity index is 1.44. The van der Waals surface area contributed by atoms with Gasteiger partial charge in [-0.2, -0.15) is 0 Å². The first-order valence-electron chi connectivity index (χ1n) is 9.60. The molecule has 0 radical (unpaired) electrons. The van der Waals surface area contributed by atoms with E-state index in [1.165, 1.54) is 0 Å². The van der Waals surface area contributed by atoms with Gasteiger partial charge >= 0.3 is 0 Å². The number of carbonyl (C=O) groups is 1. The van der Waals surface area contributed by atoms with E-state index in [1.54, 1.807) is 6.33 Å². The van der Waals surface area contributed by atoms with Crippen molar-refractivity contribution < 1.29 is 9.90 Å². The molecule has 1 saturated carbocycles. The van der Waals surface area contributed by atoms with Gasteiger partial charge in [-0.05, 0) is 30.0 Å². The van der Waals surface area contributed by atoms with Gasteiger partial charge in [0, 0.05) is 31.7 Å². The van der Waals surface area contributed by atoms with Crippen molar-refractivity contribution >= 4 is 33.8 Å². The van der Waals surface area contributed by atoms with Crippen LogP contribution in [0.2, 0.25) is 0 Å². The molecule has 3 aromatic heterocycles. The number of hydrogen-bond acceptors (Lipinski definition) is 5. The Morgan fingerprint density at radius 3 is 2.76 bits per heavy atom. The van der Waals surface area contributed by atoms with Crippen LogP contribution in [0.15, 0.2) is 36.7 Å². The highest BCUT2D eigenvalue weighted by Crippen LogP contribution is 2.35. The molecule has 29 heavy (non-hydrogen) atoms. The first kappa shape index (κ1) is 17.7. The largest absolute Gasteiger partial charge is 0.380 e. The minimum Gasteiger partial charge on any atom is -0.380 e. The average molecular weight is 390 g/mol. The monoisotopic (exact) mass is 390 g/mol. The third-order valence-corrected chi connectivity index (χ3v) is 5.54. The van der Waals surface area contributed by atoms with Crippen LogP contribution in [0.25, 0.3) is 33.3 Å². The summed E-state index contributed by atoms with van der Waals surface area (Å²) in [7, 11) is 3.81. The molecule has 1 fully saturated rings. The Hall–Kier alpha value is -3.39. The summed E-state index contributed by atoms with van der Waals surface area (Å²) in [5, 5.41) is 16.7. The second-order valence-electron chi connectivity index (χ2n) is 7.62. The number of aromatic amines is 1. The summed E-state index contributed by atoms with van der Waals surface area (Å²) in [6.07, 6.45) is 2.89. The predicted molar refractivity (Wildman–Crippen MR) is 111 cm³/mol. The minimum atomic E-state index is -1.14. The van der Waals surface area contributed by atoms with E-state index >= 15 is 0 Å². The molecule has 0 unspecified atom stereocenters. The third kappa shape index (κ3) is 2.92. The normalized spacial score (nSPS) is 15.0. The van der Waals surface area contributed by atoms with E-state index in [4.69, 9.17) is 0 Å². The van der Waals surface area contributed by atoms with E-state index in [0.717, 1.165) is 44.7 Å². The molecule has 1 aliphatic carbocycles. The maximum Gasteiger partial charge on any atom is 0.252 e. The molecular weight excluding hydrogens is 368 g/mol. The van der Waals surface area contributed by atoms with Crippen molar-refractivity contribution in [2.45, 2.75) is 25.0 Å². The van der Waals surface area contributed by atoms with Crippen LogP contribution in [0.4, 0.5) is 5.82 Å². The van der Waals surface area contributed by atoms with Crippen molar-refractivity contribution in [1.29, 1.82) is 0 Å². The lowest BCUT2D eigenvalue weighted by Gasteiger charge is -2.09. The number of pyridine rings is 1. The van der Waals surface area contributed by atoms with Crippen LogP contribution in [0.3, 0.4) is 0 Å². The highest BCUT2D eigenvalue weighted by molar-refractivity contribution is 6.07. The number of rotatable bonds is 5. The molecule has 4 N–H and O–H groups in total. The van der Waals surface area contributed by atoms with Crippen LogP contribution >= 0.6 is 0 Å². The zero-order chi connectivity index (χ0) is 20.2. The Morgan fingerprint density at radius 2 is 2.07 bits per heavy atom. The van der Waals surface area contributed by atoms with E-state index in [2.05, 4.69) is 31.7 Å². The molecule has 1 aromatic carbocycles. The minimum absolute atomic E-state index is 0.288. The molecule has 1 aliphatic rings. The maximum absolute atomic E-state index is 11.9. The highest BCUT2D eigenvalue weighted by Gasteiger charge is 2.47. The zero-order valence-electron chi connectivity index (χ0n) is 16.3. The quantitative estimate of drug-likeness (QED) is 0.418. The second kappa shape index (κ2) is 6.31. The van der Waals surface area contributed by atoms with Gasteiger partial charge in [0.2, 0.25) is 0 Å². The number of amides is 1. The highest BCUT2D eigenvalue weighted by atomic mass is 16.3. The van der Waals surface area contributed by atoms with Crippen LogP contribution in [-0.2, 0) is 18.4 Å². The summed E-state index contributed by atoms with van der Waals surface area (Å²) in [5.41, 5.74) is 4.50. The molecule has 3 heterocycles. The molecule has 0 spiro atoms. The number of imidazole rings is 1. The summed E-state index contributed by atoms with van der Waals surface area (Å²) >= 11 is 0. The van der Waals surface area contributed by atoms with Crippen molar-refractivity contribution in [2.75, 3.05) is 12.4 Å². The van der Waals surface area contributed by atoms with Gasteiger partial charge in [-0.15, -0.1) is 0 Å². The van der Waals surface area contributed by atoms with E-state index in [9.17, 15) is 9.90 Å². The van der Waals surface area contributed by atoms with E-state index in [-0.39, 0.29) is 5.91 Å². The summed E-state index contributed by atoms with van der Waals surface area (Å²) in [6.45, 7) is 0.400. The Bertz CT molecular complexity index is 1230. The molecule has 5 rings (SSSR count). The zero-order valence-corrected chi connectivity index (χ0v) is 16.3. The maximum atomic E-state index is 11.9. The van der Waals surface area contributed by atoms with Crippen LogP contribution < -0.4 is 10.6 Å². The molecule has 8 heteroatoms. The Labute approximate surface area is 167 Å². The number of carbonyl (C=O) groups excluding carboxylic acids is 1. The fourth-order valence-corrected chi connectivity index (χ4v) is 3.62. The number of anilines is 1. The van der Waals surface area contributed by atoms with E-state index in [1.807, 2.05) is 42.9 Å². The molecule has 0 saturated heterocycles. The number of fused-ring (bicyclic) bond motifs is 3. The van der Waals surface area contributed by atoms with E-state index in [0.29, 0.717) is 19.4 Å². The molecule has 4 aromatic rings. The number of aryl methyl sites for hydroxylation is 1. The van der Waals surface area contributed by atoms with Crippen LogP contribution in [-0.4, -0.2) is 43.2 Å². The molecule has 8 nitrogen and oxygen atoms in total. The lowest BCUT2D eigenvalue weighted by Crippen LogP contribution is -2.35. The van der Waals surface area contributed by atoms with Gasteiger partial charge in [0.05, 0.1) is 11.8 Å². The van der Waals surface area contributed by atoms with Gasteiger partial charge in [0.1, 0.15) is 16.8 Å². The SMILES string of the molecule is CNc1nc2[nH]c(-c3ccc(CNC(=O)C4(O)CC4)cc3)cc2c2c1ncn2C. The Kier molecular flexibility index (Phi) is 3.85. The number of aliphatic hydroxyl groups is 1. The fraction of sp³-hybridized carbons (Fsp3) is 0.286. The number of aromatic nitrogens is 4. The molecule has 0 aliphatic heterocycles.